The highest BCUT2D eigenvalue weighted by atomic mass is 32.2. The Morgan fingerprint density at radius 2 is 1.52 bits per heavy atom. The van der Waals surface area contributed by atoms with E-state index >= 15 is 0 Å². The number of nitrogens with zero attached hydrogens (tertiary/aromatic N) is 3. The molecule has 0 radical (unpaired) electrons. The monoisotopic (exact) mass is 495 g/mol. The first kappa shape index (κ1) is 24.8. The Morgan fingerprint density at radius 3 is 2.00 bits per heavy atom. The molecule has 12 heteroatoms. The summed E-state index contributed by atoms with van der Waals surface area (Å²) in [5, 5.41) is 11.2. The molecular weight excluding hydrogens is 470 g/mol. The molecule has 1 fully saturated rings. The number of nitro groups is 1. The molecule has 0 atom stereocenters. The summed E-state index contributed by atoms with van der Waals surface area (Å²) >= 11 is 0. The van der Waals surface area contributed by atoms with E-state index in [9.17, 15) is 31.7 Å². The minimum Gasteiger partial charge on any atom is -0.336 e. The van der Waals surface area contributed by atoms with Crippen LogP contribution in [0.25, 0.3) is 0 Å². The Kier molecular flexibility index (Phi) is 6.91. The molecule has 0 unspecified atom stereocenters. The van der Waals surface area contributed by atoms with Crippen LogP contribution in [0, 0.1) is 10.1 Å². The molecule has 2 aromatic carbocycles. The van der Waals surface area contributed by atoms with Gasteiger partial charge >= 0.3 is 0 Å². The van der Waals surface area contributed by atoms with E-state index in [2.05, 4.69) is 0 Å². The third-order valence-corrected chi connectivity index (χ3v) is 8.49. The standard InChI is InChI=1S/C21H25N3O7S2/c1-15(2)16-4-6-19(7-5-16)33(30,31)23-10-8-22(9-11-23)21(25)17-12-18(24(26)27)14-20(13-17)32(3,28)29/h4-7,12-15H,8-11H2,1-3H3. The van der Waals surface area contributed by atoms with Gasteiger partial charge in [0.1, 0.15) is 0 Å². The van der Waals surface area contributed by atoms with E-state index in [-0.39, 0.29) is 47.5 Å². The van der Waals surface area contributed by atoms with Crippen molar-refractivity contribution in [2.24, 2.45) is 0 Å². The van der Waals surface area contributed by atoms with Gasteiger partial charge in [0.15, 0.2) is 9.84 Å². The summed E-state index contributed by atoms with van der Waals surface area (Å²) < 4.78 is 51.0. The third-order valence-electron chi connectivity index (χ3n) is 5.49. The van der Waals surface area contributed by atoms with Crippen molar-refractivity contribution in [1.29, 1.82) is 0 Å². The minimum atomic E-state index is -3.78. The maximum absolute atomic E-state index is 13.0. The van der Waals surface area contributed by atoms with Crippen molar-refractivity contribution in [1.82, 2.24) is 9.21 Å². The van der Waals surface area contributed by atoms with E-state index in [1.165, 1.54) is 9.21 Å². The van der Waals surface area contributed by atoms with Crippen molar-refractivity contribution in [2.75, 3.05) is 32.4 Å². The van der Waals surface area contributed by atoms with Crippen molar-refractivity contribution in [3.05, 3.63) is 63.7 Å². The van der Waals surface area contributed by atoms with Crippen LogP contribution >= 0.6 is 0 Å². The number of hydrogen-bond donors (Lipinski definition) is 0. The highest BCUT2D eigenvalue weighted by Crippen LogP contribution is 2.24. The number of carbonyl (C=O) groups is 1. The molecule has 2 aromatic rings. The minimum absolute atomic E-state index is 0.0495. The smallest absolute Gasteiger partial charge is 0.271 e. The molecule has 0 spiro atoms. The lowest BCUT2D eigenvalue weighted by molar-refractivity contribution is -0.385. The van der Waals surface area contributed by atoms with Crippen LogP contribution in [-0.4, -0.2) is 69.3 Å². The zero-order chi connectivity index (χ0) is 24.6. The molecule has 1 heterocycles. The first-order valence-electron chi connectivity index (χ1n) is 10.2. The maximum atomic E-state index is 13.0. The quantitative estimate of drug-likeness (QED) is 0.443. The SMILES string of the molecule is CC(C)c1ccc(S(=O)(=O)N2CCN(C(=O)c3cc([N+](=O)[O-])cc(S(C)(=O)=O)c3)CC2)cc1. The molecule has 1 amide bonds. The molecule has 1 saturated heterocycles. The number of sulfone groups is 1. The molecule has 0 N–H and O–H groups in total. The fourth-order valence-electron chi connectivity index (χ4n) is 3.51. The van der Waals surface area contributed by atoms with Gasteiger partial charge in [0, 0.05) is 50.1 Å². The second-order valence-corrected chi connectivity index (χ2v) is 12.1. The molecule has 0 aliphatic carbocycles. The maximum Gasteiger partial charge on any atom is 0.271 e. The van der Waals surface area contributed by atoms with Crippen molar-refractivity contribution < 1.29 is 26.6 Å². The highest BCUT2D eigenvalue weighted by molar-refractivity contribution is 7.90. The van der Waals surface area contributed by atoms with Gasteiger partial charge in [-0.3, -0.25) is 14.9 Å². The summed E-state index contributed by atoms with van der Waals surface area (Å²) in [7, 11) is -7.51. The lowest BCUT2D eigenvalue weighted by Gasteiger charge is -2.34. The van der Waals surface area contributed by atoms with Gasteiger partial charge in [0.25, 0.3) is 11.6 Å². The number of amides is 1. The molecule has 0 bridgehead atoms. The number of sulfonamides is 1. The molecule has 1 aliphatic heterocycles. The highest BCUT2D eigenvalue weighted by Gasteiger charge is 2.31. The van der Waals surface area contributed by atoms with Crippen molar-refractivity contribution in [3.8, 4) is 0 Å². The van der Waals surface area contributed by atoms with E-state index in [0.717, 1.165) is 30.0 Å². The van der Waals surface area contributed by atoms with Crippen LogP contribution in [0.3, 0.4) is 0 Å². The van der Waals surface area contributed by atoms with Crippen LogP contribution in [0.2, 0.25) is 0 Å². The Bertz CT molecular complexity index is 1280. The fraction of sp³-hybridized carbons (Fsp3) is 0.381. The van der Waals surface area contributed by atoms with Gasteiger partial charge in [-0.25, -0.2) is 16.8 Å². The van der Waals surface area contributed by atoms with Crippen LogP contribution in [-0.2, 0) is 19.9 Å². The fourth-order valence-corrected chi connectivity index (χ4v) is 5.61. The van der Waals surface area contributed by atoms with Gasteiger partial charge in [0.2, 0.25) is 10.0 Å². The molecule has 0 saturated carbocycles. The average Bonchev–Trinajstić information content (AvgIpc) is 2.77. The van der Waals surface area contributed by atoms with Gasteiger partial charge in [0.05, 0.1) is 14.7 Å². The van der Waals surface area contributed by atoms with Gasteiger partial charge in [-0.2, -0.15) is 4.31 Å². The van der Waals surface area contributed by atoms with Gasteiger partial charge in [-0.05, 0) is 29.7 Å². The largest absolute Gasteiger partial charge is 0.336 e. The molecule has 3 rings (SSSR count). The summed E-state index contributed by atoms with van der Waals surface area (Å²) in [6, 6.07) is 9.72. The van der Waals surface area contributed by atoms with E-state index in [1.54, 1.807) is 24.3 Å². The predicted molar refractivity (Wildman–Crippen MR) is 121 cm³/mol. The first-order chi connectivity index (χ1) is 15.3. The molecule has 10 nitrogen and oxygen atoms in total. The van der Waals surface area contributed by atoms with E-state index in [0.29, 0.717) is 0 Å². The van der Waals surface area contributed by atoms with Crippen LogP contribution < -0.4 is 0 Å². The number of hydrogen-bond acceptors (Lipinski definition) is 7. The summed E-state index contributed by atoms with van der Waals surface area (Å²) in [5.41, 5.74) is 0.382. The normalized spacial score (nSPS) is 15.6. The number of piperazine rings is 1. The topological polar surface area (TPSA) is 135 Å². The second kappa shape index (κ2) is 9.20. The van der Waals surface area contributed by atoms with E-state index in [1.807, 2.05) is 13.8 Å². The molecule has 0 aromatic heterocycles. The first-order valence-corrected chi connectivity index (χ1v) is 13.5. The van der Waals surface area contributed by atoms with E-state index < -0.39 is 36.4 Å². The number of benzene rings is 2. The lowest BCUT2D eigenvalue weighted by atomic mass is 10.0. The summed E-state index contributed by atoms with van der Waals surface area (Å²) in [6.07, 6.45) is 0.900. The number of rotatable bonds is 6. The van der Waals surface area contributed by atoms with Crippen LogP contribution in [0.5, 0.6) is 0 Å². The van der Waals surface area contributed by atoms with Gasteiger partial charge in [-0.1, -0.05) is 26.0 Å². The summed E-state index contributed by atoms with van der Waals surface area (Å²) in [4.78, 5) is 24.6. The van der Waals surface area contributed by atoms with E-state index in [4.69, 9.17) is 0 Å². The average molecular weight is 496 g/mol. The molecule has 178 valence electrons. The molecule has 1 aliphatic rings. The molecular formula is C21H25N3O7S2. The summed E-state index contributed by atoms with van der Waals surface area (Å²) in [6.45, 7) is 4.26. The Hall–Kier alpha value is -2.83. The van der Waals surface area contributed by atoms with Crippen molar-refractivity contribution >= 4 is 31.5 Å². The van der Waals surface area contributed by atoms with Crippen LogP contribution in [0.15, 0.2) is 52.3 Å². The van der Waals surface area contributed by atoms with Crippen LogP contribution in [0.1, 0.15) is 35.7 Å². The zero-order valence-corrected chi connectivity index (χ0v) is 20.1. The van der Waals surface area contributed by atoms with Crippen molar-refractivity contribution in [3.63, 3.8) is 0 Å². The Labute approximate surface area is 192 Å². The molecule has 33 heavy (non-hydrogen) atoms. The Morgan fingerprint density at radius 1 is 0.939 bits per heavy atom. The zero-order valence-electron chi connectivity index (χ0n) is 18.5. The number of non-ortho nitro benzene ring substituents is 1. The predicted octanol–water partition coefficient (Wildman–Crippen LogP) is 2.27. The lowest BCUT2D eigenvalue weighted by Crippen LogP contribution is -2.50. The Balaban J connectivity index is 1.77. The third kappa shape index (κ3) is 5.40. The number of carbonyl (C=O) groups excluding carboxylic acids is 1. The van der Waals surface area contributed by atoms with Crippen LogP contribution in [0.4, 0.5) is 5.69 Å². The second-order valence-electron chi connectivity index (χ2n) is 8.16. The van der Waals surface area contributed by atoms with Crippen molar-refractivity contribution in [2.45, 2.75) is 29.6 Å². The van der Waals surface area contributed by atoms with Gasteiger partial charge < -0.3 is 4.90 Å². The number of nitro benzene ring substituents is 1. The summed E-state index contributed by atoms with van der Waals surface area (Å²) in [5.74, 6) is -0.324. The van der Waals surface area contributed by atoms with Gasteiger partial charge in [-0.15, -0.1) is 0 Å².